The molecule has 22 heavy (non-hydrogen) atoms. The zero-order valence-corrected chi connectivity index (χ0v) is 13.6. The van der Waals surface area contributed by atoms with Crippen molar-refractivity contribution in [1.82, 2.24) is 4.57 Å². The van der Waals surface area contributed by atoms with Gasteiger partial charge in [-0.1, -0.05) is 36.4 Å². The largest absolute Gasteiger partial charge is 0.389 e. The fourth-order valence-electron chi connectivity index (χ4n) is 3.22. The summed E-state index contributed by atoms with van der Waals surface area (Å²) in [7, 11) is 0. The highest BCUT2D eigenvalue weighted by molar-refractivity contribution is 5.85. The van der Waals surface area contributed by atoms with Crippen molar-refractivity contribution in [3.05, 3.63) is 59.8 Å². The molecule has 0 amide bonds. The third kappa shape index (κ3) is 2.98. The molecule has 0 aliphatic heterocycles. The van der Waals surface area contributed by atoms with Crippen molar-refractivity contribution in [2.24, 2.45) is 5.73 Å². The predicted octanol–water partition coefficient (Wildman–Crippen LogP) is 3.51. The molecule has 3 N–H and O–H groups in total. The minimum atomic E-state index is -0.571. The topological polar surface area (TPSA) is 51.2 Å². The van der Waals surface area contributed by atoms with Crippen molar-refractivity contribution >= 4 is 23.3 Å². The van der Waals surface area contributed by atoms with E-state index in [0.717, 1.165) is 18.4 Å². The lowest BCUT2D eigenvalue weighted by Crippen LogP contribution is -2.32. The number of allylic oxidation sites excluding steroid dienone is 3. The van der Waals surface area contributed by atoms with Crippen LogP contribution in [0, 0.1) is 6.92 Å². The number of para-hydroxylation sites is 1. The Balaban J connectivity index is 0.00000176. The van der Waals surface area contributed by atoms with Crippen LogP contribution in [0.4, 0.5) is 0 Å². The molecular weight excluding hydrogens is 296 g/mol. The van der Waals surface area contributed by atoms with Gasteiger partial charge in [-0.05, 0) is 37.0 Å². The van der Waals surface area contributed by atoms with Gasteiger partial charge in [-0.25, -0.2) is 0 Å². The van der Waals surface area contributed by atoms with Gasteiger partial charge in [0, 0.05) is 23.6 Å². The fraction of sp³-hybridized carbons (Fsp3) is 0.333. The summed E-state index contributed by atoms with van der Waals surface area (Å²) < 4.78 is 2.19. The van der Waals surface area contributed by atoms with E-state index in [9.17, 15) is 5.11 Å². The number of nitrogens with two attached hydrogens (primary N) is 1. The van der Waals surface area contributed by atoms with Gasteiger partial charge >= 0.3 is 0 Å². The van der Waals surface area contributed by atoms with Crippen molar-refractivity contribution in [1.29, 1.82) is 0 Å². The molecule has 0 bridgehead atoms. The minimum Gasteiger partial charge on any atom is -0.389 e. The van der Waals surface area contributed by atoms with Crippen LogP contribution in [-0.2, 0) is 0 Å². The average molecular weight is 319 g/mol. The van der Waals surface area contributed by atoms with Crippen LogP contribution < -0.4 is 5.73 Å². The second-order valence-electron chi connectivity index (χ2n) is 5.69. The van der Waals surface area contributed by atoms with Gasteiger partial charge < -0.3 is 15.4 Å². The molecule has 1 aliphatic carbocycles. The number of aromatic nitrogens is 1. The second-order valence-corrected chi connectivity index (χ2v) is 5.69. The third-order valence-electron chi connectivity index (χ3n) is 4.27. The van der Waals surface area contributed by atoms with Crippen molar-refractivity contribution in [2.45, 2.75) is 31.9 Å². The average Bonchev–Trinajstić information content (AvgIpc) is 2.86. The summed E-state index contributed by atoms with van der Waals surface area (Å²) in [5, 5.41) is 11.7. The number of aliphatic hydroxyl groups is 1. The first-order valence-corrected chi connectivity index (χ1v) is 7.52. The Bertz CT molecular complexity index is 702. The fourth-order valence-corrected chi connectivity index (χ4v) is 3.22. The van der Waals surface area contributed by atoms with Crippen molar-refractivity contribution < 1.29 is 5.11 Å². The van der Waals surface area contributed by atoms with Gasteiger partial charge in [0.1, 0.15) is 0 Å². The third-order valence-corrected chi connectivity index (χ3v) is 4.27. The van der Waals surface area contributed by atoms with E-state index in [1.165, 1.54) is 16.5 Å². The Labute approximate surface area is 137 Å². The highest BCUT2D eigenvalue weighted by atomic mass is 35.5. The molecule has 1 aromatic carbocycles. The van der Waals surface area contributed by atoms with Gasteiger partial charge in [0.15, 0.2) is 0 Å². The zero-order chi connectivity index (χ0) is 14.8. The predicted molar refractivity (Wildman–Crippen MR) is 94.5 cm³/mol. The molecule has 0 saturated carbocycles. The first-order chi connectivity index (χ1) is 10.2. The molecule has 0 spiro atoms. The number of hydrogen-bond donors (Lipinski definition) is 2. The number of nitrogens with zero attached hydrogens (tertiary/aromatic N) is 1. The van der Waals surface area contributed by atoms with Crippen LogP contribution in [0.15, 0.2) is 54.3 Å². The number of rotatable bonds is 4. The lowest BCUT2D eigenvalue weighted by molar-refractivity contribution is 0.136. The van der Waals surface area contributed by atoms with Gasteiger partial charge in [-0.3, -0.25) is 0 Å². The quantitative estimate of drug-likeness (QED) is 0.906. The van der Waals surface area contributed by atoms with Gasteiger partial charge in [-0.2, -0.15) is 0 Å². The van der Waals surface area contributed by atoms with E-state index in [1.807, 2.05) is 6.07 Å². The van der Waals surface area contributed by atoms with Gasteiger partial charge in [0.05, 0.1) is 12.1 Å². The molecule has 1 aromatic heterocycles. The molecule has 0 radical (unpaired) electrons. The Morgan fingerprint density at radius 2 is 2.09 bits per heavy atom. The summed E-state index contributed by atoms with van der Waals surface area (Å²) in [5.41, 5.74) is 9.39. The number of aryl methyl sites for hydroxylation is 1. The molecule has 118 valence electrons. The zero-order valence-electron chi connectivity index (χ0n) is 12.8. The molecule has 2 aromatic rings. The van der Waals surface area contributed by atoms with Crippen LogP contribution in [0.2, 0.25) is 0 Å². The van der Waals surface area contributed by atoms with Gasteiger partial charge in [-0.15, -0.1) is 12.4 Å². The molecule has 3 rings (SSSR count). The molecule has 1 heterocycles. The number of benzene rings is 1. The monoisotopic (exact) mass is 318 g/mol. The maximum atomic E-state index is 10.5. The summed E-state index contributed by atoms with van der Waals surface area (Å²) in [5.74, 6) is 0. The lowest BCUT2D eigenvalue weighted by atomic mass is 9.93. The van der Waals surface area contributed by atoms with Crippen molar-refractivity contribution in [3.8, 4) is 0 Å². The Morgan fingerprint density at radius 1 is 1.32 bits per heavy atom. The summed E-state index contributed by atoms with van der Waals surface area (Å²) in [4.78, 5) is 0. The molecule has 1 aliphatic rings. The van der Waals surface area contributed by atoms with Crippen LogP contribution >= 0.6 is 12.4 Å². The number of fused-ring (bicyclic) bond motifs is 1. The first kappa shape index (κ1) is 16.8. The SMILES string of the molecule is Cc1cn([C@@H](C2=CC=CCC2)C(O)CN)c2ccccc12.Cl. The standard InChI is InChI=1S/C18H22N2O.ClH/c1-13-12-20(16-10-6-5-9-15(13)16)18(17(21)11-19)14-7-3-2-4-8-14;/h2-3,5-7,9-10,12,17-18,21H,4,8,11,19H2,1H3;1H/t17?,18-;/m0./s1. The van der Waals surface area contributed by atoms with E-state index in [2.05, 4.69) is 54.1 Å². The van der Waals surface area contributed by atoms with Crippen LogP contribution in [0.25, 0.3) is 10.9 Å². The summed E-state index contributed by atoms with van der Waals surface area (Å²) >= 11 is 0. The first-order valence-electron chi connectivity index (χ1n) is 7.52. The molecule has 4 heteroatoms. The van der Waals surface area contributed by atoms with Gasteiger partial charge in [0.25, 0.3) is 0 Å². The number of halogens is 1. The Hall–Kier alpha value is -1.55. The summed E-state index contributed by atoms with van der Waals surface area (Å²) in [6, 6.07) is 8.24. The molecular formula is C18H23ClN2O. The van der Waals surface area contributed by atoms with E-state index in [0.29, 0.717) is 0 Å². The number of aliphatic hydroxyl groups excluding tert-OH is 1. The molecule has 2 atom stereocenters. The van der Waals surface area contributed by atoms with E-state index in [1.54, 1.807) is 0 Å². The van der Waals surface area contributed by atoms with Crippen LogP contribution in [0.5, 0.6) is 0 Å². The van der Waals surface area contributed by atoms with E-state index >= 15 is 0 Å². The van der Waals surface area contributed by atoms with Crippen LogP contribution in [0.1, 0.15) is 24.4 Å². The molecule has 0 saturated heterocycles. The molecule has 0 fully saturated rings. The highest BCUT2D eigenvalue weighted by Gasteiger charge is 2.25. The van der Waals surface area contributed by atoms with E-state index < -0.39 is 6.10 Å². The lowest BCUT2D eigenvalue weighted by Gasteiger charge is -2.28. The minimum absolute atomic E-state index is 0. The summed E-state index contributed by atoms with van der Waals surface area (Å²) in [6.45, 7) is 2.37. The smallest absolute Gasteiger partial charge is 0.0907 e. The maximum Gasteiger partial charge on any atom is 0.0907 e. The Morgan fingerprint density at radius 3 is 2.77 bits per heavy atom. The van der Waals surface area contributed by atoms with Gasteiger partial charge in [0.2, 0.25) is 0 Å². The summed E-state index contributed by atoms with van der Waals surface area (Å²) in [6.07, 6.45) is 9.92. The Kier molecular flexibility index (Phi) is 5.46. The van der Waals surface area contributed by atoms with E-state index in [4.69, 9.17) is 5.73 Å². The maximum absolute atomic E-state index is 10.5. The molecule has 3 nitrogen and oxygen atoms in total. The normalized spacial score (nSPS) is 17.0. The van der Waals surface area contributed by atoms with E-state index in [-0.39, 0.29) is 25.0 Å². The molecule has 1 unspecified atom stereocenters. The van der Waals surface area contributed by atoms with Crippen molar-refractivity contribution in [3.63, 3.8) is 0 Å². The second kappa shape index (κ2) is 7.14. The number of hydrogen-bond acceptors (Lipinski definition) is 2. The highest BCUT2D eigenvalue weighted by Crippen LogP contribution is 2.33. The van der Waals surface area contributed by atoms with Crippen LogP contribution in [0.3, 0.4) is 0 Å². The van der Waals surface area contributed by atoms with Crippen molar-refractivity contribution in [2.75, 3.05) is 6.54 Å². The van der Waals surface area contributed by atoms with Crippen LogP contribution in [-0.4, -0.2) is 22.3 Å².